The van der Waals surface area contributed by atoms with Crippen LogP contribution >= 0.6 is 21.6 Å². The summed E-state index contributed by atoms with van der Waals surface area (Å²) >= 11 is 0. The average molecular weight is 484 g/mol. The fraction of sp³-hybridized carbons (Fsp3) is 0.625. The number of esters is 1. The molecule has 2 N–H and O–H groups in total. The van der Waals surface area contributed by atoms with Crippen molar-refractivity contribution in [2.75, 3.05) is 12.3 Å². The molecule has 0 aliphatic heterocycles. The number of carboxylic acid groups (broad SMARTS) is 1. The van der Waals surface area contributed by atoms with Gasteiger partial charge in [0.1, 0.15) is 6.61 Å². The predicted octanol–water partition coefficient (Wildman–Crippen LogP) is 5.23. The van der Waals surface area contributed by atoms with Gasteiger partial charge in [-0.2, -0.15) is 0 Å². The highest BCUT2D eigenvalue weighted by atomic mass is 33.1. The van der Waals surface area contributed by atoms with E-state index in [2.05, 4.69) is 26.1 Å². The summed E-state index contributed by atoms with van der Waals surface area (Å²) in [6, 6.07) is 7.79. The van der Waals surface area contributed by atoms with Crippen LogP contribution in [0, 0.1) is 18.8 Å². The van der Waals surface area contributed by atoms with E-state index in [0.717, 1.165) is 17.5 Å². The van der Waals surface area contributed by atoms with Crippen molar-refractivity contribution >= 4 is 39.4 Å². The first kappa shape index (κ1) is 28.4. The van der Waals surface area contributed by atoms with Crippen LogP contribution in [0.5, 0.6) is 0 Å². The van der Waals surface area contributed by atoms with Gasteiger partial charge in [0.2, 0.25) is 5.91 Å². The van der Waals surface area contributed by atoms with Crippen LogP contribution < -0.4 is 5.32 Å². The van der Waals surface area contributed by atoms with Gasteiger partial charge in [-0.15, -0.1) is 0 Å². The molecule has 1 aromatic carbocycles. The number of benzene rings is 1. The van der Waals surface area contributed by atoms with Gasteiger partial charge in [0.25, 0.3) is 0 Å². The number of carbonyl (C=O) groups excluding carboxylic acids is 2. The molecule has 6 nitrogen and oxygen atoms in total. The van der Waals surface area contributed by atoms with Crippen LogP contribution in [0.4, 0.5) is 0 Å². The highest BCUT2D eigenvalue weighted by Gasteiger charge is 2.24. The molecule has 0 spiro atoms. The second-order valence-corrected chi connectivity index (χ2v) is 12.2. The molecule has 0 saturated heterocycles. The number of nitrogens with one attached hydrogen (secondary N) is 1. The summed E-state index contributed by atoms with van der Waals surface area (Å²) in [5, 5.41) is 11.8. The second-order valence-electron chi connectivity index (χ2n) is 9.05. The number of carboxylic acids is 1. The number of aryl methyl sites for hydroxylation is 1. The maximum atomic E-state index is 12.7. The molecule has 1 amide bonds. The Balaban J connectivity index is 2.52. The van der Waals surface area contributed by atoms with Gasteiger partial charge in [-0.3, -0.25) is 14.4 Å². The predicted molar refractivity (Wildman–Crippen MR) is 133 cm³/mol. The molecule has 8 heteroatoms. The van der Waals surface area contributed by atoms with Crippen LogP contribution in [0.25, 0.3) is 0 Å². The minimum absolute atomic E-state index is 0.0332. The topological polar surface area (TPSA) is 92.7 Å². The normalized spacial score (nSPS) is 13.3. The molecule has 0 saturated carbocycles. The number of rotatable bonds is 14. The Hall–Kier alpha value is -1.67. The van der Waals surface area contributed by atoms with Crippen molar-refractivity contribution in [1.82, 2.24) is 5.32 Å². The lowest BCUT2D eigenvalue weighted by Crippen LogP contribution is -2.34. The summed E-state index contributed by atoms with van der Waals surface area (Å²) in [4.78, 5) is 36.0. The Morgan fingerprint density at radius 1 is 1.12 bits per heavy atom. The Morgan fingerprint density at radius 2 is 1.78 bits per heavy atom. The third kappa shape index (κ3) is 13.0. The standard InChI is InChI=1S/C24H37NO5S2/c1-17-9-11-19(12-10-17)15-30-21(26)14-20(16-31-32-24(3,4)5)22(27)25-13-7-6-8-18(2)23(28)29/h9-12,18,20H,6-8,13-16H2,1-5H3,(H,25,27)(H,28,29)/t18-,20?/m0/s1. The lowest BCUT2D eigenvalue weighted by molar-refractivity contribution is -0.147. The number of amides is 1. The van der Waals surface area contributed by atoms with E-state index in [4.69, 9.17) is 9.84 Å². The Labute approximate surface area is 200 Å². The van der Waals surface area contributed by atoms with Crippen molar-refractivity contribution in [3.63, 3.8) is 0 Å². The maximum Gasteiger partial charge on any atom is 0.306 e. The maximum absolute atomic E-state index is 12.7. The van der Waals surface area contributed by atoms with Gasteiger partial charge in [0, 0.05) is 17.0 Å². The molecule has 0 aliphatic rings. The smallest absolute Gasteiger partial charge is 0.306 e. The summed E-state index contributed by atoms with van der Waals surface area (Å²) in [6.07, 6.45) is 2.05. The van der Waals surface area contributed by atoms with Gasteiger partial charge >= 0.3 is 11.9 Å². The molecule has 32 heavy (non-hydrogen) atoms. The largest absolute Gasteiger partial charge is 0.481 e. The Morgan fingerprint density at radius 3 is 2.38 bits per heavy atom. The van der Waals surface area contributed by atoms with Crippen molar-refractivity contribution in [2.45, 2.75) is 71.7 Å². The van der Waals surface area contributed by atoms with Gasteiger partial charge in [-0.25, -0.2) is 0 Å². The molecule has 1 unspecified atom stereocenters. The van der Waals surface area contributed by atoms with Crippen LogP contribution in [-0.4, -0.2) is 40.0 Å². The van der Waals surface area contributed by atoms with E-state index in [1.54, 1.807) is 28.5 Å². The van der Waals surface area contributed by atoms with Gasteiger partial charge < -0.3 is 15.2 Å². The fourth-order valence-electron chi connectivity index (χ4n) is 2.68. The molecule has 1 aromatic rings. The van der Waals surface area contributed by atoms with Crippen molar-refractivity contribution < 1.29 is 24.2 Å². The molecular weight excluding hydrogens is 446 g/mol. The molecule has 0 aromatic heterocycles. The van der Waals surface area contributed by atoms with Crippen molar-refractivity contribution in [2.24, 2.45) is 11.8 Å². The molecule has 0 aliphatic carbocycles. The summed E-state index contributed by atoms with van der Waals surface area (Å²) in [5.74, 6) is -1.69. The van der Waals surface area contributed by atoms with Gasteiger partial charge in [-0.1, -0.05) is 85.5 Å². The molecule has 2 atom stereocenters. The van der Waals surface area contributed by atoms with Crippen molar-refractivity contribution in [3.05, 3.63) is 35.4 Å². The number of hydrogen-bond acceptors (Lipinski definition) is 6. The number of ether oxygens (including phenoxy) is 1. The Bertz CT molecular complexity index is 731. The van der Waals surface area contributed by atoms with Crippen LogP contribution in [0.15, 0.2) is 24.3 Å². The number of unbranched alkanes of at least 4 members (excludes halogenated alkanes) is 1. The van der Waals surface area contributed by atoms with Gasteiger partial charge in [0.15, 0.2) is 0 Å². The molecular formula is C24H37NO5S2. The van der Waals surface area contributed by atoms with Crippen LogP contribution in [0.3, 0.4) is 0 Å². The second kappa shape index (κ2) is 14.5. The monoisotopic (exact) mass is 483 g/mol. The van der Waals surface area contributed by atoms with Crippen LogP contribution in [-0.2, 0) is 25.7 Å². The number of hydrogen-bond donors (Lipinski definition) is 2. The quantitative estimate of drug-likeness (QED) is 0.213. The Kier molecular flexibility index (Phi) is 12.8. The van der Waals surface area contributed by atoms with Crippen LogP contribution in [0.2, 0.25) is 0 Å². The summed E-state index contributed by atoms with van der Waals surface area (Å²) in [6.45, 7) is 10.7. The van der Waals surface area contributed by atoms with Crippen LogP contribution in [0.1, 0.15) is 64.5 Å². The molecule has 1 rings (SSSR count). The zero-order valence-electron chi connectivity index (χ0n) is 19.8. The number of carbonyl (C=O) groups is 3. The first-order valence-corrected chi connectivity index (χ1v) is 13.3. The van der Waals surface area contributed by atoms with E-state index in [0.29, 0.717) is 25.1 Å². The highest BCUT2D eigenvalue weighted by Crippen LogP contribution is 2.36. The zero-order chi connectivity index (χ0) is 24.1. The summed E-state index contributed by atoms with van der Waals surface area (Å²) in [5.41, 5.74) is 2.06. The summed E-state index contributed by atoms with van der Waals surface area (Å²) in [7, 11) is 3.27. The molecule has 0 radical (unpaired) electrons. The average Bonchev–Trinajstić information content (AvgIpc) is 2.71. The molecule has 180 valence electrons. The van der Waals surface area contributed by atoms with Gasteiger partial charge in [-0.05, 0) is 25.3 Å². The van der Waals surface area contributed by atoms with Crippen molar-refractivity contribution in [3.8, 4) is 0 Å². The first-order chi connectivity index (χ1) is 15.0. The fourth-order valence-corrected chi connectivity index (χ4v) is 5.30. The highest BCUT2D eigenvalue weighted by molar-refractivity contribution is 8.77. The lowest BCUT2D eigenvalue weighted by atomic mass is 10.0. The van der Waals surface area contributed by atoms with E-state index < -0.39 is 11.9 Å². The number of aliphatic carboxylic acids is 1. The van der Waals surface area contributed by atoms with E-state index >= 15 is 0 Å². The van der Waals surface area contributed by atoms with E-state index in [9.17, 15) is 14.4 Å². The molecule has 0 heterocycles. The first-order valence-electron chi connectivity index (χ1n) is 11.0. The minimum atomic E-state index is -0.799. The van der Waals surface area contributed by atoms with E-state index in [1.165, 1.54) is 0 Å². The zero-order valence-corrected chi connectivity index (χ0v) is 21.4. The third-order valence-electron chi connectivity index (χ3n) is 4.67. The van der Waals surface area contributed by atoms with Gasteiger partial charge in [0.05, 0.1) is 18.3 Å². The lowest BCUT2D eigenvalue weighted by Gasteiger charge is -2.20. The van der Waals surface area contributed by atoms with E-state index in [1.807, 2.05) is 31.2 Å². The van der Waals surface area contributed by atoms with Crippen molar-refractivity contribution in [1.29, 1.82) is 0 Å². The molecule has 0 bridgehead atoms. The summed E-state index contributed by atoms with van der Waals surface area (Å²) < 4.78 is 5.45. The third-order valence-corrected chi connectivity index (χ3v) is 8.09. The van der Waals surface area contributed by atoms with E-state index in [-0.39, 0.29) is 35.6 Å². The minimum Gasteiger partial charge on any atom is -0.481 e. The molecule has 0 fully saturated rings. The SMILES string of the molecule is Cc1ccc(COC(=O)CC(CSSC(C)(C)C)C(=O)NCCCC[C@H](C)C(=O)O)cc1.